The number of benzene rings is 2. The predicted molar refractivity (Wildman–Crippen MR) is 71.2 cm³/mol. The third-order valence-electron chi connectivity index (χ3n) is 3.70. The standard InChI is InChI=1S/C16H13N2/c1-11-17-15-9-5-4-8-14(15)16-13-7-3-2-6-12(13)10-18(11)16/h2-9H,10H2,1H3/q+1. The van der Waals surface area contributed by atoms with Gasteiger partial charge in [0.1, 0.15) is 12.2 Å². The zero-order valence-electron chi connectivity index (χ0n) is 10.2. The minimum absolute atomic E-state index is 0.940. The number of nitrogens with zero attached hydrogens (tertiary/aromatic N) is 2. The fourth-order valence-electron chi connectivity index (χ4n) is 2.86. The topological polar surface area (TPSA) is 16.8 Å². The van der Waals surface area contributed by atoms with Crippen LogP contribution in [0.25, 0.3) is 22.2 Å². The van der Waals surface area contributed by atoms with Crippen LogP contribution in [-0.4, -0.2) is 4.98 Å². The maximum Gasteiger partial charge on any atom is 0.296 e. The van der Waals surface area contributed by atoms with E-state index in [0.717, 1.165) is 17.9 Å². The maximum absolute atomic E-state index is 4.69. The Morgan fingerprint density at radius 2 is 1.78 bits per heavy atom. The summed E-state index contributed by atoms with van der Waals surface area (Å²) >= 11 is 0. The van der Waals surface area contributed by atoms with Crippen LogP contribution in [0.1, 0.15) is 11.4 Å². The molecule has 0 radical (unpaired) electrons. The number of aryl methyl sites for hydroxylation is 1. The van der Waals surface area contributed by atoms with Gasteiger partial charge in [-0.15, -0.1) is 0 Å². The van der Waals surface area contributed by atoms with Crippen molar-refractivity contribution < 1.29 is 4.57 Å². The largest absolute Gasteiger partial charge is 0.296 e. The van der Waals surface area contributed by atoms with E-state index in [1.165, 1.54) is 22.2 Å². The highest BCUT2D eigenvalue weighted by molar-refractivity contribution is 5.92. The van der Waals surface area contributed by atoms with E-state index in [-0.39, 0.29) is 0 Å². The highest BCUT2D eigenvalue weighted by atomic mass is 15.1. The van der Waals surface area contributed by atoms with E-state index >= 15 is 0 Å². The summed E-state index contributed by atoms with van der Waals surface area (Å²) in [6.07, 6.45) is 0. The van der Waals surface area contributed by atoms with Gasteiger partial charge < -0.3 is 0 Å². The quantitative estimate of drug-likeness (QED) is 0.427. The van der Waals surface area contributed by atoms with Crippen LogP contribution in [0, 0.1) is 6.92 Å². The first-order valence-electron chi connectivity index (χ1n) is 6.22. The Hall–Kier alpha value is -2.22. The first-order valence-corrected chi connectivity index (χ1v) is 6.22. The summed E-state index contributed by atoms with van der Waals surface area (Å²) in [5.41, 5.74) is 5.13. The Morgan fingerprint density at radius 1 is 1.00 bits per heavy atom. The van der Waals surface area contributed by atoms with E-state index < -0.39 is 0 Å². The lowest BCUT2D eigenvalue weighted by molar-refractivity contribution is -0.680. The number of rotatable bonds is 0. The summed E-state index contributed by atoms with van der Waals surface area (Å²) < 4.78 is 2.31. The fourth-order valence-corrected chi connectivity index (χ4v) is 2.86. The van der Waals surface area contributed by atoms with Crippen LogP contribution in [0.2, 0.25) is 0 Å². The molecule has 2 heteroatoms. The molecular formula is C16H13N2+. The summed E-state index contributed by atoms with van der Waals surface area (Å²) in [7, 11) is 0. The van der Waals surface area contributed by atoms with Gasteiger partial charge >= 0.3 is 0 Å². The molecule has 3 aromatic rings. The van der Waals surface area contributed by atoms with Crippen LogP contribution in [-0.2, 0) is 6.54 Å². The van der Waals surface area contributed by atoms with Crippen LogP contribution in [0.3, 0.4) is 0 Å². The van der Waals surface area contributed by atoms with Crippen LogP contribution >= 0.6 is 0 Å². The van der Waals surface area contributed by atoms with E-state index in [0.29, 0.717) is 0 Å². The average molecular weight is 233 g/mol. The molecule has 0 saturated carbocycles. The van der Waals surface area contributed by atoms with Crippen molar-refractivity contribution in [3.8, 4) is 11.3 Å². The van der Waals surface area contributed by atoms with Crippen molar-refractivity contribution in [1.29, 1.82) is 0 Å². The highest BCUT2D eigenvalue weighted by Gasteiger charge is 2.28. The van der Waals surface area contributed by atoms with Crippen molar-refractivity contribution in [3.05, 3.63) is 59.9 Å². The smallest absolute Gasteiger partial charge is 0.223 e. The summed E-state index contributed by atoms with van der Waals surface area (Å²) in [6, 6.07) is 17.0. The van der Waals surface area contributed by atoms with Crippen molar-refractivity contribution in [2.75, 3.05) is 0 Å². The Bertz CT molecular complexity index is 775. The van der Waals surface area contributed by atoms with Gasteiger partial charge in [0.2, 0.25) is 0 Å². The molecule has 86 valence electrons. The Labute approximate surface area is 106 Å². The Morgan fingerprint density at radius 3 is 2.72 bits per heavy atom. The van der Waals surface area contributed by atoms with E-state index in [4.69, 9.17) is 4.98 Å². The van der Waals surface area contributed by atoms with Gasteiger partial charge in [-0.1, -0.05) is 36.4 Å². The van der Waals surface area contributed by atoms with E-state index in [1.807, 2.05) is 6.07 Å². The maximum atomic E-state index is 4.69. The molecule has 1 aliphatic heterocycles. The van der Waals surface area contributed by atoms with Gasteiger partial charge in [-0.2, -0.15) is 0 Å². The summed E-state index contributed by atoms with van der Waals surface area (Å²) in [4.78, 5) is 4.69. The van der Waals surface area contributed by atoms with E-state index in [2.05, 4.69) is 54.0 Å². The summed E-state index contributed by atoms with van der Waals surface area (Å²) in [5, 5.41) is 1.24. The zero-order valence-corrected chi connectivity index (χ0v) is 10.2. The van der Waals surface area contributed by atoms with Crippen LogP contribution < -0.4 is 4.57 Å². The van der Waals surface area contributed by atoms with Crippen LogP contribution in [0.15, 0.2) is 48.5 Å². The highest BCUT2D eigenvalue weighted by Crippen LogP contribution is 2.31. The third kappa shape index (κ3) is 1.17. The minimum atomic E-state index is 0.940. The number of fused-ring (bicyclic) bond motifs is 5. The molecule has 4 rings (SSSR count). The van der Waals surface area contributed by atoms with Crippen molar-refractivity contribution in [1.82, 2.24) is 4.98 Å². The van der Waals surface area contributed by atoms with Crippen molar-refractivity contribution in [2.45, 2.75) is 13.5 Å². The molecule has 1 aliphatic rings. The van der Waals surface area contributed by atoms with Crippen molar-refractivity contribution in [3.63, 3.8) is 0 Å². The number of hydrogen-bond donors (Lipinski definition) is 0. The van der Waals surface area contributed by atoms with Crippen LogP contribution in [0.4, 0.5) is 0 Å². The first-order chi connectivity index (χ1) is 8.84. The van der Waals surface area contributed by atoms with Crippen molar-refractivity contribution in [2.24, 2.45) is 0 Å². The zero-order chi connectivity index (χ0) is 12.1. The molecule has 2 heterocycles. The molecule has 1 aromatic heterocycles. The molecule has 0 N–H and O–H groups in total. The molecule has 18 heavy (non-hydrogen) atoms. The summed E-state index contributed by atoms with van der Waals surface area (Å²) in [6.45, 7) is 3.02. The monoisotopic (exact) mass is 233 g/mol. The molecule has 0 bridgehead atoms. The minimum Gasteiger partial charge on any atom is -0.223 e. The molecular weight excluding hydrogens is 220 g/mol. The number of hydrogen-bond acceptors (Lipinski definition) is 1. The fraction of sp³-hybridized carbons (Fsp3) is 0.125. The van der Waals surface area contributed by atoms with Gasteiger partial charge in [-0.3, -0.25) is 0 Å². The van der Waals surface area contributed by atoms with E-state index in [1.54, 1.807) is 0 Å². The van der Waals surface area contributed by atoms with Gasteiger partial charge in [0, 0.05) is 18.1 Å². The summed E-state index contributed by atoms with van der Waals surface area (Å²) in [5.74, 6) is 1.08. The number of aromatic nitrogens is 2. The lowest BCUT2D eigenvalue weighted by Gasteiger charge is -2.02. The lowest BCUT2D eigenvalue weighted by atomic mass is 10.0. The first kappa shape index (κ1) is 9.77. The van der Waals surface area contributed by atoms with Gasteiger partial charge in [0.05, 0.1) is 5.39 Å². The Kier molecular flexibility index (Phi) is 1.84. The molecule has 0 fully saturated rings. The van der Waals surface area contributed by atoms with Gasteiger partial charge in [-0.25, -0.2) is 4.57 Å². The molecule has 0 unspecified atom stereocenters. The molecule has 0 saturated heterocycles. The van der Waals surface area contributed by atoms with Crippen LogP contribution in [0.5, 0.6) is 0 Å². The van der Waals surface area contributed by atoms with Gasteiger partial charge in [0.25, 0.3) is 5.82 Å². The van der Waals surface area contributed by atoms with E-state index in [9.17, 15) is 0 Å². The van der Waals surface area contributed by atoms with Gasteiger partial charge in [-0.05, 0) is 17.1 Å². The molecule has 0 spiro atoms. The second kappa shape index (κ2) is 3.39. The molecule has 2 nitrogen and oxygen atoms in total. The molecule has 2 aromatic carbocycles. The second-order valence-corrected chi connectivity index (χ2v) is 4.77. The SMILES string of the molecule is Cc1nc2ccccc2c2[n+]1Cc1ccccc1-2. The lowest BCUT2D eigenvalue weighted by Crippen LogP contribution is -2.37. The third-order valence-corrected chi connectivity index (χ3v) is 3.70. The normalized spacial score (nSPS) is 12.5. The Balaban J connectivity index is 2.20. The number of para-hydroxylation sites is 1. The molecule has 0 aliphatic carbocycles. The molecule has 0 amide bonds. The van der Waals surface area contributed by atoms with Crippen molar-refractivity contribution >= 4 is 10.9 Å². The second-order valence-electron chi connectivity index (χ2n) is 4.77. The molecule has 0 atom stereocenters. The average Bonchev–Trinajstić information content (AvgIpc) is 2.79. The predicted octanol–water partition coefficient (Wildman–Crippen LogP) is 2.86. The van der Waals surface area contributed by atoms with Gasteiger partial charge in [0.15, 0.2) is 5.52 Å².